The van der Waals surface area contributed by atoms with Crippen molar-refractivity contribution < 1.29 is 0 Å². The molecule has 2 rings (SSSR count). The minimum atomic E-state index is 0.499. The predicted octanol–water partition coefficient (Wildman–Crippen LogP) is 3.30. The number of nitrogens with two attached hydrogens (primary N) is 1. The summed E-state index contributed by atoms with van der Waals surface area (Å²) in [5.74, 6) is 0. The first-order valence-corrected chi connectivity index (χ1v) is 5.61. The number of aryl methyl sites for hydroxylation is 2. The summed E-state index contributed by atoms with van der Waals surface area (Å²) in [5.41, 5.74) is 11.0. The topological polar surface area (TPSA) is 49.9 Å². The van der Waals surface area contributed by atoms with Crippen LogP contribution in [0.5, 0.6) is 0 Å². The average molecular weight is 224 g/mol. The summed E-state index contributed by atoms with van der Waals surface area (Å²) in [5, 5.41) is 8.31. The summed E-state index contributed by atoms with van der Waals surface area (Å²) in [7, 11) is 0. The van der Waals surface area contributed by atoms with Crippen LogP contribution in [0.1, 0.15) is 22.3 Å². The lowest BCUT2D eigenvalue weighted by atomic mass is 9.94. The monoisotopic (exact) mass is 224 g/mol. The highest BCUT2D eigenvalue weighted by atomic mass is 14.6. The van der Waals surface area contributed by atoms with E-state index in [1.165, 1.54) is 0 Å². The van der Waals surface area contributed by atoms with Gasteiger partial charge in [0.05, 0.1) is 5.71 Å². The Labute approximate surface area is 102 Å². The second-order valence-corrected chi connectivity index (χ2v) is 4.23. The molecule has 0 radical (unpaired) electrons. The van der Waals surface area contributed by atoms with Gasteiger partial charge in [0.2, 0.25) is 0 Å². The number of anilines is 1. The van der Waals surface area contributed by atoms with E-state index in [0.717, 1.165) is 22.3 Å². The normalized spacial score (nSPS) is 10.2. The van der Waals surface area contributed by atoms with Crippen LogP contribution in [0.15, 0.2) is 42.5 Å². The molecule has 2 nitrogen and oxygen atoms in total. The van der Waals surface area contributed by atoms with Crippen molar-refractivity contribution in [3.63, 3.8) is 0 Å². The molecule has 0 spiro atoms. The molecule has 2 heteroatoms. The summed E-state index contributed by atoms with van der Waals surface area (Å²) in [6.45, 7) is 4.00. The Morgan fingerprint density at radius 3 is 2.24 bits per heavy atom. The van der Waals surface area contributed by atoms with E-state index in [2.05, 4.69) is 0 Å². The summed E-state index contributed by atoms with van der Waals surface area (Å²) in [4.78, 5) is 0. The van der Waals surface area contributed by atoms with Crippen LogP contribution >= 0.6 is 0 Å². The minimum Gasteiger partial charge on any atom is -0.398 e. The van der Waals surface area contributed by atoms with E-state index in [1.807, 2.05) is 56.3 Å². The van der Waals surface area contributed by atoms with Crippen molar-refractivity contribution in [1.82, 2.24) is 0 Å². The largest absolute Gasteiger partial charge is 0.398 e. The lowest BCUT2D eigenvalue weighted by Gasteiger charge is -2.12. The molecule has 0 unspecified atom stereocenters. The molecule has 2 aromatic carbocycles. The van der Waals surface area contributed by atoms with E-state index >= 15 is 0 Å². The van der Waals surface area contributed by atoms with Crippen molar-refractivity contribution in [2.45, 2.75) is 13.8 Å². The third kappa shape index (κ3) is 2.07. The molecule has 0 saturated carbocycles. The molecule has 0 saturated heterocycles. The third-order valence-electron chi connectivity index (χ3n) is 2.97. The van der Waals surface area contributed by atoms with Crippen molar-refractivity contribution in [2.24, 2.45) is 0 Å². The number of benzene rings is 2. The first-order chi connectivity index (χ1) is 8.11. The maximum atomic E-state index is 8.31. The van der Waals surface area contributed by atoms with Crippen LogP contribution in [0, 0.1) is 19.3 Å². The predicted molar refractivity (Wildman–Crippen MR) is 72.7 cm³/mol. The summed E-state index contributed by atoms with van der Waals surface area (Å²) in [6, 6.07) is 13.6. The van der Waals surface area contributed by atoms with Crippen molar-refractivity contribution in [2.75, 3.05) is 5.73 Å². The van der Waals surface area contributed by atoms with Gasteiger partial charge in [-0.1, -0.05) is 36.4 Å². The van der Waals surface area contributed by atoms with Crippen molar-refractivity contribution >= 4 is 11.4 Å². The van der Waals surface area contributed by atoms with Gasteiger partial charge in [0.15, 0.2) is 0 Å². The van der Waals surface area contributed by atoms with Crippen molar-refractivity contribution in [3.8, 4) is 0 Å². The highest BCUT2D eigenvalue weighted by Crippen LogP contribution is 2.21. The first-order valence-electron chi connectivity index (χ1n) is 5.61. The quantitative estimate of drug-likeness (QED) is 0.596. The SMILES string of the molecule is Cc1ccccc1C(=N)c1c(C)cccc1N. The fraction of sp³-hybridized carbons (Fsp3) is 0.133. The molecule has 0 aliphatic heterocycles. The van der Waals surface area contributed by atoms with E-state index in [9.17, 15) is 0 Å². The zero-order valence-electron chi connectivity index (χ0n) is 10.1. The lowest BCUT2D eigenvalue weighted by molar-refractivity contribution is 1.36. The molecule has 0 aliphatic rings. The zero-order valence-corrected chi connectivity index (χ0v) is 10.1. The van der Waals surface area contributed by atoms with Gasteiger partial charge in [0.25, 0.3) is 0 Å². The molecule has 0 atom stereocenters. The molecule has 0 aromatic heterocycles. The first kappa shape index (κ1) is 11.4. The van der Waals surface area contributed by atoms with E-state index in [-0.39, 0.29) is 0 Å². The molecule has 0 heterocycles. The lowest BCUT2D eigenvalue weighted by Crippen LogP contribution is -2.09. The van der Waals surface area contributed by atoms with Crippen LogP contribution in [-0.2, 0) is 0 Å². The summed E-state index contributed by atoms with van der Waals surface area (Å²) < 4.78 is 0. The van der Waals surface area contributed by atoms with E-state index < -0.39 is 0 Å². The standard InChI is InChI=1S/C15H16N2/c1-10-6-3-4-8-12(10)15(17)14-11(2)7-5-9-13(14)16/h3-9,17H,16H2,1-2H3. The number of hydrogen-bond acceptors (Lipinski definition) is 2. The Kier molecular flexibility index (Phi) is 2.96. The van der Waals surface area contributed by atoms with Gasteiger partial charge in [-0.15, -0.1) is 0 Å². The highest BCUT2D eigenvalue weighted by Gasteiger charge is 2.12. The van der Waals surface area contributed by atoms with Crippen LogP contribution in [0.4, 0.5) is 5.69 Å². The Balaban J connectivity index is 2.56. The molecule has 0 aliphatic carbocycles. The molecule has 0 fully saturated rings. The molecule has 17 heavy (non-hydrogen) atoms. The van der Waals surface area contributed by atoms with Crippen LogP contribution in [0.3, 0.4) is 0 Å². The van der Waals surface area contributed by atoms with Gasteiger partial charge in [-0.2, -0.15) is 0 Å². The minimum absolute atomic E-state index is 0.499. The molecule has 3 N–H and O–H groups in total. The Morgan fingerprint density at radius 2 is 1.59 bits per heavy atom. The van der Waals surface area contributed by atoms with Crippen LogP contribution in [0.25, 0.3) is 0 Å². The third-order valence-corrected chi connectivity index (χ3v) is 2.97. The van der Waals surface area contributed by atoms with Gasteiger partial charge in [-0.05, 0) is 31.0 Å². The number of hydrogen-bond donors (Lipinski definition) is 2. The fourth-order valence-electron chi connectivity index (χ4n) is 2.02. The molecule has 0 amide bonds. The van der Waals surface area contributed by atoms with E-state index in [4.69, 9.17) is 11.1 Å². The molecule has 2 aromatic rings. The van der Waals surface area contributed by atoms with Gasteiger partial charge < -0.3 is 5.73 Å². The van der Waals surface area contributed by atoms with Gasteiger partial charge in [0, 0.05) is 16.8 Å². The van der Waals surface area contributed by atoms with Gasteiger partial charge in [-0.25, -0.2) is 0 Å². The van der Waals surface area contributed by atoms with Crippen molar-refractivity contribution in [3.05, 3.63) is 64.7 Å². The van der Waals surface area contributed by atoms with Crippen molar-refractivity contribution in [1.29, 1.82) is 5.41 Å². The Morgan fingerprint density at radius 1 is 0.941 bits per heavy atom. The maximum absolute atomic E-state index is 8.31. The van der Waals surface area contributed by atoms with Crippen LogP contribution < -0.4 is 5.73 Å². The van der Waals surface area contributed by atoms with Gasteiger partial charge in [0.1, 0.15) is 0 Å². The Hall–Kier alpha value is -2.09. The molecule has 86 valence electrons. The Bertz CT molecular complexity index is 551. The van der Waals surface area contributed by atoms with Crippen LogP contribution in [0.2, 0.25) is 0 Å². The fourth-order valence-corrected chi connectivity index (χ4v) is 2.02. The van der Waals surface area contributed by atoms with Gasteiger partial charge in [-0.3, -0.25) is 5.41 Å². The van der Waals surface area contributed by atoms with E-state index in [1.54, 1.807) is 0 Å². The van der Waals surface area contributed by atoms with E-state index in [0.29, 0.717) is 11.4 Å². The summed E-state index contributed by atoms with van der Waals surface area (Å²) in [6.07, 6.45) is 0. The number of rotatable bonds is 2. The molecular weight excluding hydrogens is 208 g/mol. The zero-order chi connectivity index (χ0) is 12.4. The number of nitrogens with one attached hydrogen (secondary N) is 1. The number of nitrogen functional groups attached to an aromatic ring is 1. The van der Waals surface area contributed by atoms with Crippen LogP contribution in [-0.4, -0.2) is 5.71 Å². The second kappa shape index (κ2) is 4.42. The maximum Gasteiger partial charge on any atom is 0.0710 e. The summed E-state index contributed by atoms with van der Waals surface area (Å²) >= 11 is 0. The average Bonchev–Trinajstić information content (AvgIpc) is 2.29. The second-order valence-electron chi connectivity index (χ2n) is 4.23. The molecular formula is C15H16N2. The van der Waals surface area contributed by atoms with Gasteiger partial charge >= 0.3 is 0 Å². The highest BCUT2D eigenvalue weighted by molar-refractivity contribution is 6.15. The molecule has 0 bridgehead atoms. The smallest absolute Gasteiger partial charge is 0.0710 e.